The van der Waals surface area contributed by atoms with Crippen LogP contribution in [0.25, 0.3) is 0 Å². The molecule has 0 aliphatic carbocycles. The van der Waals surface area contributed by atoms with Crippen LogP contribution >= 0.6 is 0 Å². The Morgan fingerprint density at radius 2 is 1.50 bits per heavy atom. The van der Waals surface area contributed by atoms with Gasteiger partial charge in [-0.3, -0.25) is 0 Å². The van der Waals surface area contributed by atoms with Gasteiger partial charge >= 0.3 is 8.80 Å². The van der Waals surface area contributed by atoms with Crippen molar-refractivity contribution in [2.45, 2.75) is 32.4 Å². The molecular formula is C9H22O4Si. The Hall–Kier alpha value is 0.0569. The summed E-state index contributed by atoms with van der Waals surface area (Å²) in [6.07, 6.45) is 1.18. The summed E-state index contributed by atoms with van der Waals surface area (Å²) >= 11 is 0. The van der Waals surface area contributed by atoms with Crippen LogP contribution in [0.4, 0.5) is 0 Å². The van der Waals surface area contributed by atoms with E-state index >= 15 is 0 Å². The normalized spacial score (nSPS) is 12.4. The zero-order valence-corrected chi connectivity index (χ0v) is 10.8. The topological polar surface area (TPSA) is 36.9 Å². The highest BCUT2D eigenvalue weighted by Gasteiger charge is 2.36. The van der Waals surface area contributed by atoms with Gasteiger partial charge in [-0.15, -0.1) is 0 Å². The summed E-state index contributed by atoms with van der Waals surface area (Å²) in [4.78, 5) is 0. The van der Waals surface area contributed by atoms with Crippen LogP contribution in [0.5, 0.6) is 0 Å². The van der Waals surface area contributed by atoms with Gasteiger partial charge in [-0.2, -0.15) is 0 Å². The van der Waals surface area contributed by atoms with Crippen molar-refractivity contribution >= 4 is 8.80 Å². The lowest BCUT2D eigenvalue weighted by molar-refractivity contribution is 0.0721. The Morgan fingerprint density at radius 1 is 1.00 bits per heavy atom. The van der Waals surface area contributed by atoms with Gasteiger partial charge in [0.25, 0.3) is 0 Å². The van der Waals surface area contributed by atoms with E-state index in [0.29, 0.717) is 0 Å². The number of hydrogen-bond donors (Lipinski definition) is 0. The summed E-state index contributed by atoms with van der Waals surface area (Å²) < 4.78 is 21.3. The molecule has 0 amide bonds. The van der Waals surface area contributed by atoms with Crippen molar-refractivity contribution < 1.29 is 18.0 Å². The van der Waals surface area contributed by atoms with E-state index in [1.54, 1.807) is 21.3 Å². The predicted octanol–water partition coefficient (Wildman–Crippen LogP) is 1.68. The summed E-state index contributed by atoms with van der Waals surface area (Å²) in [6.45, 7) is 4.77. The second-order valence-corrected chi connectivity index (χ2v) is 6.41. The maximum absolute atomic E-state index is 5.43. The fraction of sp³-hybridized carbons (Fsp3) is 1.00. The first-order chi connectivity index (χ1) is 6.60. The van der Waals surface area contributed by atoms with Crippen molar-refractivity contribution in [2.75, 3.05) is 27.9 Å². The minimum atomic E-state index is -2.37. The molecule has 0 radical (unpaired) electrons. The van der Waals surface area contributed by atoms with Gasteiger partial charge in [0.2, 0.25) is 0 Å². The molecule has 0 N–H and O–H groups in total. The Labute approximate surface area is 87.9 Å². The van der Waals surface area contributed by atoms with Gasteiger partial charge in [0.05, 0.1) is 6.10 Å². The second-order valence-electron chi connectivity index (χ2n) is 3.32. The van der Waals surface area contributed by atoms with Crippen molar-refractivity contribution in [3.8, 4) is 0 Å². The molecule has 5 heteroatoms. The molecule has 0 fully saturated rings. The Morgan fingerprint density at radius 3 is 1.86 bits per heavy atom. The molecule has 0 unspecified atom stereocenters. The highest BCUT2D eigenvalue weighted by Crippen LogP contribution is 2.14. The summed E-state index contributed by atoms with van der Waals surface area (Å²) in [5, 5.41) is 0. The minimum Gasteiger partial charge on any atom is -0.379 e. The van der Waals surface area contributed by atoms with Crippen molar-refractivity contribution in [3.63, 3.8) is 0 Å². The average molecular weight is 222 g/mol. The van der Waals surface area contributed by atoms with Crippen LogP contribution < -0.4 is 0 Å². The fourth-order valence-corrected chi connectivity index (χ4v) is 2.85. The lowest BCUT2D eigenvalue weighted by Crippen LogP contribution is -2.42. The quantitative estimate of drug-likeness (QED) is 0.462. The molecule has 0 aliphatic rings. The summed E-state index contributed by atoms with van der Waals surface area (Å²) in [5.41, 5.74) is 0. The van der Waals surface area contributed by atoms with Gasteiger partial charge in [-0.05, 0) is 20.3 Å². The largest absolute Gasteiger partial charge is 0.500 e. The van der Waals surface area contributed by atoms with Crippen molar-refractivity contribution in [1.29, 1.82) is 0 Å². The zero-order valence-electron chi connectivity index (χ0n) is 9.83. The van der Waals surface area contributed by atoms with Crippen LogP contribution in [0.3, 0.4) is 0 Å². The SMILES string of the molecule is CO[Si](CCCOC(C)C)(OC)OC. The highest BCUT2D eigenvalue weighted by molar-refractivity contribution is 6.60. The molecule has 0 aromatic heterocycles. The number of ether oxygens (including phenoxy) is 1. The molecule has 0 aromatic rings. The summed E-state index contributed by atoms with van der Waals surface area (Å²) in [7, 11) is 2.51. The molecule has 4 nitrogen and oxygen atoms in total. The smallest absolute Gasteiger partial charge is 0.379 e. The van der Waals surface area contributed by atoms with Crippen molar-refractivity contribution in [2.24, 2.45) is 0 Å². The fourth-order valence-electron chi connectivity index (χ4n) is 1.16. The average Bonchev–Trinajstić information content (AvgIpc) is 2.19. The van der Waals surface area contributed by atoms with Gasteiger partial charge in [0.1, 0.15) is 0 Å². The lowest BCUT2D eigenvalue weighted by Gasteiger charge is -2.24. The van der Waals surface area contributed by atoms with Crippen LogP contribution in [-0.2, 0) is 18.0 Å². The maximum atomic E-state index is 5.43. The molecule has 0 aliphatic heterocycles. The molecule has 0 bridgehead atoms. The predicted molar refractivity (Wildman–Crippen MR) is 57.3 cm³/mol. The van der Waals surface area contributed by atoms with E-state index in [4.69, 9.17) is 18.0 Å². The first kappa shape index (κ1) is 14.1. The van der Waals surface area contributed by atoms with E-state index in [0.717, 1.165) is 19.1 Å². The van der Waals surface area contributed by atoms with E-state index in [2.05, 4.69) is 0 Å². The molecular weight excluding hydrogens is 200 g/mol. The molecule has 0 saturated heterocycles. The second kappa shape index (κ2) is 7.36. The highest BCUT2D eigenvalue weighted by atomic mass is 28.4. The number of hydrogen-bond acceptors (Lipinski definition) is 4. The Balaban J connectivity index is 3.71. The third kappa shape index (κ3) is 5.07. The Bertz CT molecular complexity index is 129. The molecule has 86 valence electrons. The van der Waals surface area contributed by atoms with Crippen molar-refractivity contribution in [1.82, 2.24) is 0 Å². The third-order valence-electron chi connectivity index (χ3n) is 2.01. The monoisotopic (exact) mass is 222 g/mol. The van der Waals surface area contributed by atoms with Gasteiger partial charge in [-0.25, -0.2) is 0 Å². The van der Waals surface area contributed by atoms with Gasteiger partial charge < -0.3 is 18.0 Å². The lowest BCUT2D eigenvalue weighted by atomic mass is 10.4. The van der Waals surface area contributed by atoms with E-state index < -0.39 is 8.80 Å². The van der Waals surface area contributed by atoms with Crippen LogP contribution in [0.2, 0.25) is 6.04 Å². The molecule has 14 heavy (non-hydrogen) atoms. The van der Waals surface area contributed by atoms with E-state index in [-0.39, 0.29) is 6.10 Å². The summed E-state index contributed by atoms with van der Waals surface area (Å²) in [5.74, 6) is 0. The molecule has 0 atom stereocenters. The maximum Gasteiger partial charge on any atom is 0.500 e. The van der Waals surface area contributed by atoms with E-state index in [1.807, 2.05) is 13.8 Å². The standard InChI is InChI=1S/C9H22O4Si/c1-9(2)13-7-6-8-14(10-3,11-4)12-5/h9H,6-8H2,1-5H3. The molecule has 0 rings (SSSR count). The van der Waals surface area contributed by atoms with Crippen LogP contribution in [0.1, 0.15) is 20.3 Å². The number of rotatable bonds is 8. The first-order valence-corrected chi connectivity index (χ1v) is 6.80. The molecule has 0 heterocycles. The molecule has 0 spiro atoms. The first-order valence-electron chi connectivity index (χ1n) is 4.87. The molecule has 0 saturated carbocycles. The molecule has 0 aromatic carbocycles. The van der Waals surface area contributed by atoms with Gasteiger partial charge in [0.15, 0.2) is 0 Å². The van der Waals surface area contributed by atoms with E-state index in [9.17, 15) is 0 Å². The zero-order chi connectivity index (χ0) is 11.0. The third-order valence-corrected chi connectivity index (χ3v) is 4.84. The van der Waals surface area contributed by atoms with Gasteiger partial charge in [0, 0.05) is 34.0 Å². The van der Waals surface area contributed by atoms with Crippen LogP contribution in [0, 0.1) is 0 Å². The van der Waals surface area contributed by atoms with Crippen LogP contribution in [-0.4, -0.2) is 42.8 Å². The van der Waals surface area contributed by atoms with E-state index in [1.165, 1.54) is 0 Å². The van der Waals surface area contributed by atoms with Crippen LogP contribution in [0.15, 0.2) is 0 Å². The van der Waals surface area contributed by atoms with Crippen molar-refractivity contribution in [3.05, 3.63) is 0 Å². The minimum absolute atomic E-state index is 0.277. The summed E-state index contributed by atoms with van der Waals surface area (Å²) in [6, 6.07) is 0.795. The van der Waals surface area contributed by atoms with Gasteiger partial charge in [-0.1, -0.05) is 0 Å². The Kier molecular flexibility index (Phi) is 7.39.